The van der Waals surface area contributed by atoms with E-state index in [1.807, 2.05) is 0 Å². The smallest absolute Gasteiger partial charge is 0.452 e. The van der Waals surface area contributed by atoms with E-state index in [-0.39, 0.29) is 12.8 Å². The third kappa shape index (κ3) is 9.51. The van der Waals surface area contributed by atoms with Crippen LogP contribution in [0.1, 0.15) is 37.5 Å². The molecule has 3 aromatic carbocycles. The van der Waals surface area contributed by atoms with Gasteiger partial charge in [-0.15, -0.1) is 0 Å². The van der Waals surface area contributed by atoms with E-state index in [4.69, 9.17) is 21.1 Å². The lowest BCUT2D eigenvalue weighted by molar-refractivity contribution is -0.175. The number of carbonyl (C=O) groups excluding carboxylic acids is 3. The van der Waals surface area contributed by atoms with Crippen molar-refractivity contribution < 1.29 is 37.0 Å². The zero-order valence-electron chi connectivity index (χ0n) is 23.3. The second kappa shape index (κ2) is 14.7. The minimum absolute atomic E-state index is 0.0195. The van der Waals surface area contributed by atoms with Crippen molar-refractivity contribution in [1.82, 2.24) is 10.6 Å². The molecule has 2 unspecified atom stereocenters. The van der Waals surface area contributed by atoms with Crippen LogP contribution < -0.4 is 20.1 Å². The zero-order chi connectivity index (χ0) is 30.9. The lowest BCUT2D eigenvalue weighted by atomic mass is 9.97. The molecule has 0 aromatic heterocycles. The Hall–Kier alpha value is -4.05. The van der Waals surface area contributed by atoms with Gasteiger partial charge in [-0.1, -0.05) is 67.9 Å². The first-order valence-electron chi connectivity index (χ1n) is 13.2. The largest absolute Gasteiger partial charge is 0.497 e. The number of hydrogen-bond donors (Lipinski definition) is 2. The van der Waals surface area contributed by atoms with E-state index >= 15 is 0 Å². The van der Waals surface area contributed by atoms with E-state index < -0.39 is 47.9 Å². The lowest BCUT2D eigenvalue weighted by Crippen LogP contribution is -2.56. The van der Waals surface area contributed by atoms with Crippen LogP contribution in [0.5, 0.6) is 11.5 Å². The Morgan fingerprint density at radius 3 is 2.00 bits per heavy atom. The number of methoxy groups -OCH3 is 1. The SMILES string of the molecule is COc1ccc(OC(CC(=O)NC(Cc2ccccc2)C(=O)N[C@H](C(=O)C(F)(F)F)C(C)C)c2ccc(Cl)cc2)cc1. The van der Waals surface area contributed by atoms with Gasteiger partial charge in [-0.05, 0) is 53.4 Å². The van der Waals surface area contributed by atoms with Crippen LogP contribution in [0.2, 0.25) is 5.02 Å². The molecule has 0 saturated carbocycles. The predicted octanol–water partition coefficient (Wildman–Crippen LogP) is 5.86. The number of halogens is 4. The Morgan fingerprint density at radius 2 is 1.45 bits per heavy atom. The van der Waals surface area contributed by atoms with Crippen molar-refractivity contribution >= 4 is 29.2 Å². The van der Waals surface area contributed by atoms with Crippen molar-refractivity contribution in [2.75, 3.05) is 7.11 Å². The van der Waals surface area contributed by atoms with Gasteiger partial charge in [0.1, 0.15) is 23.6 Å². The van der Waals surface area contributed by atoms with Gasteiger partial charge < -0.3 is 20.1 Å². The number of ketones is 1. The summed E-state index contributed by atoms with van der Waals surface area (Å²) in [5.41, 5.74) is 1.29. The number of Topliss-reactive ketones (excluding diaryl/α,β-unsaturated/α-hetero) is 1. The monoisotopic (exact) mass is 604 g/mol. The highest BCUT2D eigenvalue weighted by Crippen LogP contribution is 2.28. The summed E-state index contributed by atoms with van der Waals surface area (Å²) in [6.45, 7) is 2.79. The van der Waals surface area contributed by atoms with Crippen molar-refractivity contribution in [3.63, 3.8) is 0 Å². The van der Waals surface area contributed by atoms with Gasteiger partial charge >= 0.3 is 6.18 Å². The van der Waals surface area contributed by atoms with Crippen LogP contribution >= 0.6 is 11.6 Å². The minimum Gasteiger partial charge on any atom is -0.497 e. The van der Waals surface area contributed by atoms with Gasteiger partial charge in [0.05, 0.1) is 19.6 Å². The first kappa shape index (κ1) is 32.5. The molecular weight excluding hydrogens is 573 g/mol. The fraction of sp³-hybridized carbons (Fsp3) is 0.323. The number of carbonyl (C=O) groups is 3. The number of nitrogens with one attached hydrogen (secondary N) is 2. The summed E-state index contributed by atoms with van der Waals surface area (Å²) in [6.07, 6.45) is -6.19. The standard InChI is InChI=1S/C31H32ClF3N2O5/c1-19(2)28(29(39)31(33,34)35)37-30(40)25(17-20-7-5-4-6-8-20)36-27(38)18-26(21-9-11-22(32)12-10-21)42-24-15-13-23(41-3)14-16-24/h4-16,19,25-26,28H,17-18H2,1-3H3,(H,36,38)(H,37,40)/t25?,26?,28-/m0/s1. The maximum Gasteiger partial charge on any atom is 0.452 e. The van der Waals surface area contributed by atoms with Crippen LogP contribution in [-0.4, -0.2) is 43.0 Å². The Bertz CT molecular complexity index is 1330. The molecule has 224 valence electrons. The number of hydrogen-bond acceptors (Lipinski definition) is 5. The molecular formula is C31H32ClF3N2O5. The number of ether oxygens (including phenoxy) is 2. The summed E-state index contributed by atoms with van der Waals surface area (Å²) in [5.74, 6) is -3.35. The molecule has 0 aliphatic heterocycles. The van der Waals surface area contributed by atoms with E-state index in [9.17, 15) is 27.6 Å². The van der Waals surface area contributed by atoms with E-state index in [2.05, 4.69) is 10.6 Å². The average molecular weight is 605 g/mol. The van der Waals surface area contributed by atoms with Crippen molar-refractivity contribution in [1.29, 1.82) is 0 Å². The summed E-state index contributed by atoms with van der Waals surface area (Å²) >= 11 is 6.04. The highest BCUT2D eigenvalue weighted by atomic mass is 35.5. The van der Waals surface area contributed by atoms with Crippen LogP contribution in [0.4, 0.5) is 13.2 Å². The summed E-state index contributed by atoms with van der Waals surface area (Å²) in [7, 11) is 1.53. The molecule has 11 heteroatoms. The maximum absolute atomic E-state index is 13.3. The lowest BCUT2D eigenvalue weighted by Gasteiger charge is -2.26. The van der Waals surface area contributed by atoms with E-state index in [0.29, 0.717) is 27.6 Å². The van der Waals surface area contributed by atoms with Crippen molar-refractivity contribution in [2.45, 2.75) is 51.1 Å². The van der Waals surface area contributed by atoms with Gasteiger partial charge in [-0.2, -0.15) is 13.2 Å². The Kier molecular flexibility index (Phi) is 11.4. The minimum atomic E-state index is -5.13. The molecule has 2 amide bonds. The molecule has 0 saturated heterocycles. The van der Waals surface area contributed by atoms with Crippen molar-refractivity contribution in [3.8, 4) is 11.5 Å². The summed E-state index contributed by atoms with van der Waals surface area (Å²) in [5, 5.41) is 5.33. The van der Waals surface area contributed by atoms with Crippen molar-refractivity contribution in [2.24, 2.45) is 5.92 Å². The van der Waals surface area contributed by atoms with E-state index in [1.165, 1.54) is 21.0 Å². The number of rotatable bonds is 13. The number of amides is 2. The molecule has 2 N–H and O–H groups in total. The molecule has 3 atom stereocenters. The molecule has 0 bridgehead atoms. The number of benzene rings is 3. The molecule has 0 fully saturated rings. The topological polar surface area (TPSA) is 93.7 Å². The molecule has 0 spiro atoms. The molecule has 0 heterocycles. The van der Waals surface area contributed by atoms with Gasteiger partial charge in [0.15, 0.2) is 0 Å². The molecule has 0 aliphatic rings. The fourth-order valence-corrected chi connectivity index (χ4v) is 4.30. The normalized spacial score (nSPS) is 13.5. The third-order valence-electron chi connectivity index (χ3n) is 6.41. The molecule has 0 radical (unpaired) electrons. The van der Waals surface area contributed by atoms with Crippen LogP contribution in [-0.2, 0) is 20.8 Å². The van der Waals surface area contributed by atoms with Gasteiger partial charge in [-0.25, -0.2) is 0 Å². The van der Waals surface area contributed by atoms with E-state index in [1.54, 1.807) is 78.9 Å². The Morgan fingerprint density at radius 1 is 0.857 bits per heavy atom. The molecule has 7 nitrogen and oxygen atoms in total. The summed E-state index contributed by atoms with van der Waals surface area (Å²) in [4.78, 5) is 38.6. The zero-order valence-corrected chi connectivity index (χ0v) is 24.0. The molecule has 42 heavy (non-hydrogen) atoms. The summed E-state index contributed by atoms with van der Waals surface area (Å²) in [6, 6.07) is 19.0. The maximum atomic E-state index is 13.3. The van der Waals surface area contributed by atoms with Gasteiger partial charge in [0.25, 0.3) is 5.78 Å². The fourth-order valence-electron chi connectivity index (χ4n) is 4.17. The Labute approximate surface area is 247 Å². The summed E-state index contributed by atoms with van der Waals surface area (Å²) < 4.78 is 50.9. The first-order valence-corrected chi connectivity index (χ1v) is 13.6. The van der Waals surface area contributed by atoms with Crippen LogP contribution in [0.25, 0.3) is 0 Å². The molecule has 3 rings (SSSR count). The third-order valence-corrected chi connectivity index (χ3v) is 6.66. The van der Waals surface area contributed by atoms with E-state index in [0.717, 1.165) is 0 Å². The highest BCUT2D eigenvalue weighted by molar-refractivity contribution is 6.30. The highest BCUT2D eigenvalue weighted by Gasteiger charge is 2.45. The van der Waals surface area contributed by atoms with Crippen LogP contribution in [0.3, 0.4) is 0 Å². The molecule has 0 aliphatic carbocycles. The second-order valence-electron chi connectivity index (χ2n) is 9.94. The quantitative estimate of drug-likeness (QED) is 0.255. The van der Waals surface area contributed by atoms with Crippen LogP contribution in [0, 0.1) is 5.92 Å². The average Bonchev–Trinajstić information content (AvgIpc) is 2.95. The second-order valence-corrected chi connectivity index (χ2v) is 10.4. The van der Waals surface area contributed by atoms with Gasteiger partial charge in [-0.3, -0.25) is 14.4 Å². The molecule has 3 aromatic rings. The van der Waals surface area contributed by atoms with Crippen LogP contribution in [0.15, 0.2) is 78.9 Å². The number of alkyl halides is 3. The van der Waals surface area contributed by atoms with Crippen molar-refractivity contribution in [3.05, 3.63) is 95.0 Å². The Balaban J connectivity index is 1.84. The first-order chi connectivity index (χ1) is 19.9. The predicted molar refractivity (Wildman–Crippen MR) is 152 cm³/mol. The van der Waals surface area contributed by atoms with Gasteiger partial charge in [0, 0.05) is 11.4 Å². The van der Waals surface area contributed by atoms with Gasteiger partial charge in [0.2, 0.25) is 11.8 Å².